The van der Waals surface area contributed by atoms with E-state index in [0.717, 1.165) is 6.07 Å². The van der Waals surface area contributed by atoms with Crippen LogP contribution in [0.3, 0.4) is 0 Å². The van der Waals surface area contributed by atoms with Crippen LogP contribution in [0.1, 0.15) is 24.0 Å². The van der Waals surface area contributed by atoms with Gasteiger partial charge in [0.15, 0.2) is 0 Å². The normalized spacial score (nSPS) is 23.1. The van der Waals surface area contributed by atoms with Gasteiger partial charge < -0.3 is 10.4 Å². The molecule has 0 aliphatic heterocycles. The first-order valence-corrected chi connectivity index (χ1v) is 5.46. The average molecular weight is 256 g/mol. The molecule has 0 unspecified atom stereocenters. The van der Waals surface area contributed by atoms with Gasteiger partial charge in [0.25, 0.3) is 0 Å². The molecule has 0 atom stereocenters. The topological polar surface area (TPSA) is 56.0 Å². The molecule has 1 fully saturated rings. The van der Waals surface area contributed by atoms with Crippen molar-refractivity contribution in [3.63, 3.8) is 0 Å². The van der Waals surface area contributed by atoms with E-state index in [0.29, 0.717) is 18.5 Å². The minimum absolute atomic E-state index is 0.0586. The number of anilines is 1. The highest BCUT2D eigenvalue weighted by molar-refractivity contribution is 5.54. The van der Waals surface area contributed by atoms with Crippen LogP contribution in [-0.4, -0.2) is 17.3 Å². The number of aliphatic hydroxyl groups excluding tert-OH is 1. The molecule has 1 aromatic carbocycles. The Balaban J connectivity index is 2.18. The molecule has 1 aliphatic rings. The zero-order valence-corrected chi connectivity index (χ0v) is 9.33. The summed E-state index contributed by atoms with van der Waals surface area (Å²) in [5, 5.41) is 20.8. The molecule has 96 valence electrons. The minimum atomic E-state index is -4.52. The van der Waals surface area contributed by atoms with E-state index in [-0.39, 0.29) is 12.1 Å². The van der Waals surface area contributed by atoms with Gasteiger partial charge >= 0.3 is 6.18 Å². The quantitative estimate of drug-likeness (QED) is 0.854. The smallest absolute Gasteiger partial charge is 0.393 e. The molecule has 0 aromatic heterocycles. The molecule has 0 bridgehead atoms. The fourth-order valence-corrected chi connectivity index (χ4v) is 1.92. The summed E-state index contributed by atoms with van der Waals surface area (Å²) in [6.45, 7) is 0. The van der Waals surface area contributed by atoms with Crippen LogP contribution in [0.4, 0.5) is 18.9 Å². The second-order valence-electron chi connectivity index (χ2n) is 4.34. The van der Waals surface area contributed by atoms with Gasteiger partial charge in [0.1, 0.15) is 0 Å². The highest BCUT2D eigenvalue weighted by Gasteiger charge is 2.34. The Hall–Kier alpha value is -1.74. The first kappa shape index (κ1) is 12.7. The minimum Gasteiger partial charge on any atom is -0.393 e. The van der Waals surface area contributed by atoms with E-state index in [1.165, 1.54) is 12.1 Å². The third-order valence-electron chi connectivity index (χ3n) is 2.93. The summed E-state index contributed by atoms with van der Waals surface area (Å²) < 4.78 is 37.7. The Morgan fingerprint density at radius 1 is 1.33 bits per heavy atom. The second-order valence-corrected chi connectivity index (χ2v) is 4.34. The van der Waals surface area contributed by atoms with Gasteiger partial charge in [-0.1, -0.05) is 0 Å². The molecule has 3 nitrogen and oxygen atoms in total. The average Bonchev–Trinajstić information content (AvgIpc) is 2.25. The standard InChI is InChI=1S/C12H11F3N2O/c13-12(14,15)11-2-1-8(3-7(11)6-16)17-9-4-10(18)5-9/h1-3,9-10,17-18H,4-5H2. The van der Waals surface area contributed by atoms with Gasteiger partial charge in [-0.2, -0.15) is 18.4 Å². The van der Waals surface area contributed by atoms with E-state index >= 15 is 0 Å². The van der Waals surface area contributed by atoms with Gasteiger partial charge in [-0.05, 0) is 31.0 Å². The number of benzene rings is 1. The Labute approximate surface area is 102 Å². The van der Waals surface area contributed by atoms with E-state index < -0.39 is 17.3 Å². The third kappa shape index (κ3) is 2.57. The Morgan fingerprint density at radius 3 is 2.50 bits per heavy atom. The lowest BCUT2D eigenvalue weighted by Gasteiger charge is -2.32. The van der Waals surface area contributed by atoms with Gasteiger partial charge in [0.05, 0.1) is 23.3 Å². The zero-order chi connectivity index (χ0) is 13.3. The molecule has 0 radical (unpaired) electrons. The van der Waals surface area contributed by atoms with Crippen LogP contribution >= 0.6 is 0 Å². The molecule has 1 aromatic rings. The summed E-state index contributed by atoms with van der Waals surface area (Å²) in [7, 11) is 0. The summed E-state index contributed by atoms with van der Waals surface area (Å²) in [4.78, 5) is 0. The maximum atomic E-state index is 12.6. The van der Waals surface area contributed by atoms with Crippen molar-refractivity contribution >= 4 is 5.69 Å². The second kappa shape index (κ2) is 4.50. The lowest BCUT2D eigenvalue weighted by Crippen LogP contribution is -2.38. The van der Waals surface area contributed by atoms with E-state index in [4.69, 9.17) is 10.4 Å². The van der Waals surface area contributed by atoms with Crippen molar-refractivity contribution in [2.75, 3.05) is 5.32 Å². The Bertz CT molecular complexity index is 487. The van der Waals surface area contributed by atoms with Crippen LogP contribution in [0.15, 0.2) is 18.2 Å². The van der Waals surface area contributed by atoms with E-state index in [9.17, 15) is 13.2 Å². The summed E-state index contributed by atoms with van der Waals surface area (Å²) in [6.07, 6.45) is -3.71. The van der Waals surface area contributed by atoms with Crippen molar-refractivity contribution in [1.29, 1.82) is 5.26 Å². The maximum Gasteiger partial charge on any atom is 0.417 e. The molecule has 0 saturated heterocycles. The molecule has 1 saturated carbocycles. The van der Waals surface area contributed by atoms with Crippen molar-refractivity contribution in [2.45, 2.75) is 31.2 Å². The fraction of sp³-hybridized carbons (Fsp3) is 0.417. The number of nitrogens with one attached hydrogen (secondary N) is 1. The van der Waals surface area contributed by atoms with Crippen molar-refractivity contribution in [3.05, 3.63) is 29.3 Å². The van der Waals surface area contributed by atoms with E-state index in [1.807, 2.05) is 0 Å². The lowest BCUT2D eigenvalue weighted by atomic mass is 9.89. The van der Waals surface area contributed by atoms with Crippen LogP contribution in [0.5, 0.6) is 0 Å². The molecule has 2 N–H and O–H groups in total. The van der Waals surface area contributed by atoms with E-state index in [1.54, 1.807) is 6.07 Å². The van der Waals surface area contributed by atoms with Gasteiger partial charge in [-0.15, -0.1) is 0 Å². The molecular weight excluding hydrogens is 245 g/mol. The van der Waals surface area contributed by atoms with Crippen molar-refractivity contribution in [2.24, 2.45) is 0 Å². The number of aliphatic hydroxyl groups is 1. The highest BCUT2D eigenvalue weighted by Crippen LogP contribution is 2.33. The molecule has 6 heteroatoms. The highest BCUT2D eigenvalue weighted by atomic mass is 19.4. The number of nitriles is 1. The van der Waals surface area contributed by atoms with Crippen LogP contribution in [0.25, 0.3) is 0 Å². The van der Waals surface area contributed by atoms with Gasteiger partial charge in [-0.3, -0.25) is 0 Å². The summed E-state index contributed by atoms with van der Waals surface area (Å²) in [6, 6.07) is 5.00. The monoisotopic (exact) mass is 256 g/mol. The number of rotatable bonds is 2. The van der Waals surface area contributed by atoms with Crippen molar-refractivity contribution < 1.29 is 18.3 Å². The maximum absolute atomic E-state index is 12.6. The SMILES string of the molecule is N#Cc1cc(NC2CC(O)C2)ccc1C(F)(F)F. The third-order valence-corrected chi connectivity index (χ3v) is 2.93. The molecule has 2 rings (SSSR count). The van der Waals surface area contributed by atoms with Gasteiger partial charge in [0, 0.05) is 11.7 Å². The predicted octanol–water partition coefficient (Wildman–Crippen LogP) is 2.51. The van der Waals surface area contributed by atoms with Crippen LogP contribution in [0, 0.1) is 11.3 Å². The fourth-order valence-electron chi connectivity index (χ4n) is 1.92. The number of nitrogens with zero attached hydrogens (tertiary/aromatic N) is 1. The number of hydrogen-bond donors (Lipinski definition) is 2. The number of alkyl halides is 3. The van der Waals surface area contributed by atoms with Crippen molar-refractivity contribution in [1.82, 2.24) is 0 Å². The Morgan fingerprint density at radius 2 is 2.00 bits per heavy atom. The molecule has 0 heterocycles. The molecular formula is C12H11F3N2O. The predicted molar refractivity (Wildman–Crippen MR) is 58.8 cm³/mol. The van der Waals surface area contributed by atoms with Gasteiger partial charge in [-0.25, -0.2) is 0 Å². The lowest BCUT2D eigenvalue weighted by molar-refractivity contribution is -0.137. The summed E-state index contributed by atoms with van der Waals surface area (Å²) in [5.74, 6) is 0. The molecule has 18 heavy (non-hydrogen) atoms. The largest absolute Gasteiger partial charge is 0.417 e. The number of halogens is 3. The zero-order valence-electron chi connectivity index (χ0n) is 9.33. The molecule has 0 spiro atoms. The first-order chi connectivity index (χ1) is 8.40. The van der Waals surface area contributed by atoms with Crippen LogP contribution in [0.2, 0.25) is 0 Å². The van der Waals surface area contributed by atoms with Gasteiger partial charge in [0.2, 0.25) is 0 Å². The molecule has 1 aliphatic carbocycles. The first-order valence-electron chi connectivity index (χ1n) is 5.46. The number of hydrogen-bond acceptors (Lipinski definition) is 3. The van der Waals surface area contributed by atoms with Crippen molar-refractivity contribution in [3.8, 4) is 6.07 Å². The van der Waals surface area contributed by atoms with Crippen LogP contribution < -0.4 is 5.32 Å². The summed E-state index contributed by atoms with van der Waals surface area (Å²) in [5.41, 5.74) is -0.854. The summed E-state index contributed by atoms with van der Waals surface area (Å²) >= 11 is 0. The van der Waals surface area contributed by atoms with Crippen LogP contribution in [-0.2, 0) is 6.18 Å². The molecule has 0 amide bonds. The van der Waals surface area contributed by atoms with E-state index in [2.05, 4.69) is 5.32 Å². The Kier molecular flexibility index (Phi) is 3.18.